The third-order valence-corrected chi connectivity index (χ3v) is 5.64. The van der Waals surface area contributed by atoms with Gasteiger partial charge in [0.25, 0.3) is 0 Å². The third kappa shape index (κ3) is 4.62. The SMILES string of the molecule is COc1cc(Cn2cc(CC(=O)Nc3ccc(C)cc3C)c3ccccc32)cc(OC)c1. The molecule has 32 heavy (non-hydrogen) atoms. The number of amides is 1. The Balaban J connectivity index is 1.61. The lowest BCUT2D eigenvalue weighted by atomic mass is 10.1. The van der Waals surface area contributed by atoms with E-state index in [0.717, 1.165) is 44.8 Å². The van der Waals surface area contributed by atoms with E-state index in [-0.39, 0.29) is 5.91 Å². The van der Waals surface area contributed by atoms with Gasteiger partial charge in [-0.2, -0.15) is 0 Å². The van der Waals surface area contributed by atoms with Gasteiger partial charge in [-0.1, -0.05) is 35.9 Å². The van der Waals surface area contributed by atoms with Crippen LogP contribution in [0.5, 0.6) is 11.5 Å². The van der Waals surface area contributed by atoms with Crippen LogP contribution in [0.3, 0.4) is 0 Å². The topological polar surface area (TPSA) is 52.5 Å². The van der Waals surface area contributed by atoms with Crippen molar-refractivity contribution in [3.63, 3.8) is 0 Å². The van der Waals surface area contributed by atoms with E-state index in [1.165, 1.54) is 5.56 Å². The Labute approximate surface area is 188 Å². The second-order valence-corrected chi connectivity index (χ2v) is 8.06. The second kappa shape index (κ2) is 9.18. The summed E-state index contributed by atoms with van der Waals surface area (Å²) in [5.41, 5.74) is 6.24. The van der Waals surface area contributed by atoms with Crippen LogP contribution in [-0.4, -0.2) is 24.7 Å². The number of carbonyl (C=O) groups excluding carboxylic acids is 1. The summed E-state index contributed by atoms with van der Waals surface area (Å²) in [7, 11) is 3.30. The minimum absolute atomic E-state index is 0.0251. The lowest BCUT2D eigenvalue weighted by molar-refractivity contribution is -0.115. The monoisotopic (exact) mass is 428 g/mol. The number of para-hydroxylation sites is 1. The Morgan fingerprint density at radius 3 is 2.34 bits per heavy atom. The number of carbonyl (C=O) groups is 1. The minimum atomic E-state index is -0.0251. The maximum absolute atomic E-state index is 12.8. The summed E-state index contributed by atoms with van der Waals surface area (Å²) in [4.78, 5) is 12.8. The molecule has 0 bridgehead atoms. The normalized spacial score (nSPS) is 10.9. The van der Waals surface area contributed by atoms with Crippen LogP contribution in [-0.2, 0) is 17.8 Å². The summed E-state index contributed by atoms with van der Waals surface area (Å²) in [5, 5.41) is 4.14. The predicted molar refractivity (Wildman–Crippen MR) is 129 cm³/mol. The van der Waals surface area contributed by atoms with Crippen molar-refractivity contribution in [2.75, 3.05) is 19.5 Å². The van der Waals surface area contributed by atoms with E-state index in [1.807, 2.05) is 56.3 Å². The van der Waals surface area contributed by atoms with Gasteiger partial charge >= 0.3 is 0 Å². The first-order valence-electron chi connectivity index (χ1n) is 10.6. The van der Waals surface area contributed by atoms with E-state index >= 15 is 0 Å². The van der Waals surface area contributed by atoms with E-state index in [2.05, 4.69) is 34.3 Å². The van der Waals surface area contributed by atoms with Gasteiger partial charge in [-0.3, -0.25) is 4.79 Å². The number of hydrogen-bond donors (Lipinski definition) is 1. The number of ether oxygens (including phenoxy) is 2. The van der Waals surface area contributed by atoms with E-state index in [0.29, 0.717) is 13.0 Å². The highest BCUT2D eigenvalue weighted by molar-refractivity contribution is 5.96. The average Bonchev–Trinajstić information content (AvgIpc) is 3.12. The zero-order chi connectivity index (χ0) is 22.7. The molecule has 4 rings (SSSR count). The molecular formula is C27H28N2O3. The summed E-state index contributed by atoms with van der Waals surface area (Å²) in [6.07, 6.45) is 2.38. The molecule has 4 aromatic rings. The van der Waals surface area contributed by atoms with Crippen LogP contribution in [0, 0.1) is 13.8 Å². The van der Waals surface area contributed by atoms with Crippen molar-refractivity contribution >= 4 is 22.5 Å². The highest BCUT2D eigenvalue weighted by atomic mass is 16.5. The van der Waals surface area contributed by atoms with Crippen molar-refractivity contribution in [2.24, 2.45) is 0 Å². The van der Waals surface area contributed by atoms with Crippen molar-refractivity contribution in [1.29, 1.82) is 0 Å². The van der Waals surface area contributed by atoms with E-state index in [9.17, 15) is 4.79 Å². The number of anilines is 1. The van der Waals surface area contributed by atoms with Crippen LogP contribution >= 0.6 is 0 Å². The maximum Gasteiger partial charge on any atom is 0.228 e. The molecule has 1 N–H and O–H groups in total. The number of aryl methyl sites for hydroxylation is 2. The van der Waals surface area contributed by atoms with Gasteiger partial charge in [0.15, 0.2) is 0 Å². The molecule has 1 heterocycles. The van der Waals surface area contributed by atoms with Gasteiger partial charge in [0.1, 0.15) is 11.5 Å². The van der Waals surface area contributed by atoms with Crippen LogP contribution in [0.15, 0.2) is 66.9 Å². The van der Waals surface area contributed by atoms with Crippen LogP contribution in [0.25, 0.3) is 10.9 Å². The zero-order valence-corrected chi connectivity index (χ0v) is 18.9. The predicted octanol–water partition coefficient (Wildman–Crippen LogP) is 5.50. The van der Waals surface area contributed by atoms with Crippen molar-refractivity contribution in [1.82, 2.24) is 4.57 Å². The lowest BCUT2D eigenvalue weighted by Gasteiger charge is -2.10. The molecule has 0 atom stereocenters. The van der Waals surface area contributed by atoms with Crippen molar-refractivity contribution in [3.8, 4) is 11.5 Å². The molecule has 1 amide bonds. The molecule has 5 nitrogen and oxygen atoms in total. The number of fused-ring (bicyclic) bond motifs is 1. The quantitative estimate of drug-likeness (QED) is 0.423. The van der Waals surface area contributed by atoms with Crippen molar-refractivity contribution in [3.05, 3.63) is 89.1 Å². The average molecular weight is 429 g/mol. The molecule has 5 heteroatoms. The zero-order valence-electron chi connectivity index (χ0n) is 18.9. The Bertz CT molecular complexity index is 1250. The van der Waals surface area contributed by atoms with Crippen molar-refractivity contribution in [2.45, 2.75) is 26.8 Å². The Morgan fingerprint density at radius 1 is 0.938 bits per heavy atom. The molecule has 0 radical (unpaired) electrons. The standard InChI is InChI=1S/C27H28N2O3/c1-18-9-10-25(19(2)11-18)28-27(30)14-21-17-29(26-8-6-5-7-24(21)26)16-20-12-22(31-3)15-23(13-20)32-4/h5-13,15,17H,14,16H2,1-4H3,(H,28,30). The molecule has 0 aliphatic carbocycles. The molecule has 164 valence electrons. The van der Waals surface area contributed by atoms with Gasteiger partial charge in [-0.15, -0.1) is 0 Å². The number of hydrogen-bond acceptors (Lipinski definition) is 3. The van der Waals surface area contributed by atoms with Crippen LogP contribution < -0.4 is 14.8 Å². The molecule has 0 saturated heterocycles. The first kappa shape index (κ1) is 21.5. The molecule has 0 aliphatic heterocycles. The van der Waals surface area contributed by atoms with Gasteiger partial charge in [0, 0.05) is 35.4 Å². The second-order valence-electron chi connectivity index (χ2n) is 8.06. The lowest BCUT2D eigenvalue weighted by Crippen LogP contribution is -2.15. The summed E-state index contributed by atoms with van der Waals surface area (Å²) in [5.74, 6) is 1.48. The highest BCUT2D eigenvalue weighted by Crippen LogP contribution is 2.27. The number of nitrogens with one attached hydrogen (secondary N) is 1. The Morgan fingerprint density at radius 2 is 1.66 bits per heavy atom. The van der Waals surface area contributed by atoms with Crippen molar-refractivity contribution < 1.29 is 14.3 Å². The summed E-state index contributed by atoms with van der Waals surface area (Å²) < 4.78 is 13.0. The summed E-state index contributed by atoms with van der Waals surface area (Å²) in [6.45, 7) is 4.70. The first-order valence-corrected chi connectivity index (χ1v) is 10.6. The Hall–Kier alpha value is -3.73. The van der Waals surface area contributed by atoms with Gasteiger partial charge in [-0.25, -0.2) is 0 Å². The summed E-state index contributed by atoms with van der Waals surface area (Å²) in [6, 6.07) is 20.1. The van der Waals surface area contributed by atoms with Gasteiger partial charge in [-0.05, 0) is 54.8 Å². The van der Waals surface area contributed by atoms with Gasteiger partial charge in [0.2, 0.25) is 5.91 Å². The first-order chi connectivity index (χ1) is 15.5. The fraction of sp³-hybridized carbons (Fsp3) is 0.222. The van der Waals surface area contributed by atoms with Crippen LogP contribution in [0.2, 0.25) is 0 Å². The Kier molecular flexibility index (Phi) is 6.17. The fourth-order valence-electron chi connectivity index (χ4n) is 4.07. The fourth-order valence-corrected chi connectivity index (χ4v) is 4.07. The van der Waals surface area contributed by atoms with Crippen LogP contribution in [0.1, 0.15) is 22.3 Å². The molecule has 0 aliphatic rings. The maximum atomic E-state index is 12.8. The molecule has 0 fully saturated rings. The smallest absolute Gasteiger partial charge is 0.228 e. The number of benzene rings is 3. The van der Waals surface area contributed by atoms with E-state index < -0.39 is 0 Å². The highest BCUT2D eigenvalue weighted by Gasteiger charge is 2.14. The van der Waals surface area contributed by atoms with E-state index in [4.69, 9.17) is 9.47 Å². The molecule has 3 aromatic carbocycles. The molecule has 1 aromatic heterocycles. The van der Waals surface area contributed by atoms with Gasteiger partial charge < -0.3 is 19.4 Å². The third-order valence-electron chi connectivity index (χ3n) is 5.64. The molecule has 0 saturated carbocycles. The van der Waals surface area contributed by atoms with Crippen LogP contribution in [0.4, 0.5) is 5.69 Å². The minimum Gasteiger partial charge on any atom is -0.497 e. The number of aromatic nitrogens is 1. The van der Waals surface area contributed by atoms with Gasteiger partial charge in [0.05, 0.1) is 20.6 Å². The summed E-state index contributed by atoms with van der Waals surface area (Å²) >= 11 is 0. The number of methoxy groups -OCH3 is 2. The van der Waals surface area contributed by atoms with E-state index in [1.54, 1.807) is 14.2 Å². The number of nitrogens with zero attached hydrogens (tertiary/aromatic N) is 1. The largest absolute Gasteiger partial charge is 0.497 e. The molecule has 0 unspecified atom stereocenters. The molecular weight excluding hydrogens is 400 g/mol. The number of rotatable bonds is 7. The molecule has 0 spiro atoms.